The minimum atomic E-state index is 0.375. The molecule has 0 atom stereocenters. The molecule has 5 nitrogen and oxygen atoms in total. The molecule has 5 heteroatoms. The van der Waals surface area contributed by atoms with Gasteiger partial charge in [-0.15, -0.1) is 0 Å². The maximum absolute atomic E-state index is 5.83. The van der Waals surface area contributed by atoms with Gasteiger partial charge in [0.1, 0.15) is 11.5 Å². The maximum atomic E-state index is 5.83. The highest BCUT2D eigenvalue weighted by atomic mass is 15.2. The van der Waals surface area contributed by atoms with Gasteiger partial charge in [-0.25, -0.2) is 9.97 Å². The highest BCUT2D eigenvalue weighted by Gasteiger charge is 2.28. The van der Waals surface area contributed by atoms with Gasteiger partial charge in [-0.2, -0.15) is 0 Å². The summed E-state index contributed by atoms with van der Waals surface area (Å²) in [5.41, 5.74) is 12.0. The van der Waals surface area contributed by atoms with Crippen LogP contribution in [0.3, 0.4) is 0 Å². The van der Waals surface area contributed by atoms with Crippen molar-refractivity contribution >= 4 is 17.3 Å². The lowest BCUT2D eigenvalue weighted by atomic mass is 10.4. The molecular formula is C9H15N5. The minimum Gasteiger partial charge on any atom is -0.393 e. The second kappa shape index (κ2) is 3.01. The fourth-order valence-corrected chi connectivity index (χ4v) is 1.49. The number of hydrogen-bond donors (Lipinski definition) is 2. The number of aryl methyl sites for hydroxylation is 1. The number of nitrogens with zero attached hydrogens (tertiary/aromatic N) is 3. The summed E-state index contributed by atoms with van der Waals surface area (Å²) in [7, 11) is 2.00. The molecule has 4 N–H and O–H groups in total. The average Bonchev–Trinajstić information content (AvgIpc) is 2.93. The summed E-state index contributed by atoms with van der Waals surface area (Å²) in [4.78, 5) is 10.4. The molecule has 0 aliphatic heterocycles. The molecular weight excluding hydrogens is 178 g/mol. The molecule has 0 saturated heterocycles. The van der Waals surface area contributed by atoms with E-state index in [-0.39, 0.29) is 0 Å². The smallest absolute Gasteiger partial charge is 0.157 e. The van der Waals surface area contributed by atoms with E-state index >= 15 is 0 Å². The standard InChI is InChI=1S/C9H15N5/c1-5-12-8(11)7(10)9(13-5)14(2)6-3-4-6/h6H,3-4,10H2,1-2H3,(H2,11,12,13). The first-order valence-corrected chi connectivity index (χ1v) is 4.72. The summed E-state index contributed by atoms with van der Waals surface area (Å²) in [6.07, 6.45) is 2.41. The van der Waals surface area contributed by atoms with Gasteiger partial charge in [0, 0.05) is 13.1 Å². The monoisotopic (exact) mass is 193 g/mol. The fourth-order valence-electron chi connectivity index (χ4n) is 1.49. The van der Waals surface area contributed by atoms with Crippen LogP contribution in [0.4, 0.5) is 17.3 Å². The van der Waals surface area contributed by atoms with Crippen molar-refractivity contribution < 1.29 is 0 Å². The van der Waals surface area contributed by atoms with E-state index in [0.717, 1.165) is 5.82 Å². The number of anilines is 3. The fraction of sp³-hybridized carbons (Fsp3) is 0.556. The first-order chi connectivity index (χ1) is 6.59. The Balaban J connectivity index is 2.39. The predicted octanol–water partition coefficient (Wildman–Crippen LogP) is 0.548. The maximum Gasteiger partial charge on any atom is 0.157 e. The molecule has 1 saturated carbocycles. The largest absolute Gasteiger partial charge is 0.393 e. The highest BCUT2D eigenvalue weighted by Crippen LogP contribution is 2.33. The summed E-state index contributed by atoms with van der Waals surface area (Å²) in [6, 6.07) is 0.575. The molecule has 1 aliphatic carbocycles. The molecule has 2 rings (SSSR count). The Hall–Kier alpha value is -1.52. The van der Waals surface area contributed by atoms with Gasteiger partial charge in [-0.05, 0) is 19.8 Å². The lowest BCUT2D eigenvalue weighted by molar-refractivity contribution is 0.879. The van der Waals surface area contributed by atoms with Crippen LogP contribution in [-0.4, -0.2) is 23.1 Å². The van der Waals surface area contributed by atoms with Gasteiger partial charge in [0.2, 0.25) is 0 Å². The number of hydrogen-bond acceptors (Lipinski definition) is 5. The molecule has 1 fully saturated rings. The van der Waals surface area contributed by atoms with Crippen LogP contribution in [0.15, 0.2) is 0 Å². The van der Waals surface area contributed by atoms with E-state index in [0.29, 0.717) is 23.4 Å². The summed E-state index contributed by atoms with van der Waals surface area (Å²) < 4.78 is 0. The van der Waals surface area contributed by atoms with Gasteiger partial charge in [0.15, 0.2) is 11.6 Å². The zero-order valence-electron chi connectivity index (χ0n) is 8.49. The number of nitrogens with two attached hydrogens (primary N) is 2. The van der Waals surface area contributed by atoms with Crippen LogP contribution in [0.2, 0.25) is 0 Å². The summed E-state index contributed by atoms with van der Waals surface area (Å²) in [6.45, 7) is 1.82. The van der Waals surface area contributed by atoms with Gasteiger partial charge in [-0.1, -0.05) is 0 Å². The number of aromatic nitrogens is 2. The molecule has 0 radical (unpaired) electrons. The Morgan fingerprint density at radius 2 is 1.93 bits per heavy atom. The molecule has 1 heterocycles. The quantitative estimate of drug-likeness (QED) is 0.716. The zero-order valence-corrected chi connectivity index (χ0v) is 8.49. The molecule has 0 aromatic carbocycles. The van der Waals surface area contributed by atoms with Gasteiger partial charge in [0.25, 0.3) is 0 Å². The molecule has 0 bridgehead atoms. The van der Waals surface area contributed by atoms with Crippen molar-refractivity contribution in [3.05, 3.63) is 5.82 Å². The molecule has 0 spiro atoms. The third-order valence-corrected chi connectivity index (χ3v) is 2.50. The molecule has 1 aromatic heterocycles. The normalized spacial score (nSPS) is 15.6. The topological polar surface area (TPSA) is 81.1 Å². The molecule has 1 aromatic rings. The first kappa shape index (κ1) is 9.05. The highest BCUT2D eigenvalue weighted by molar-refractivity contribution is 5.73. The lowest BCUT2D eigenvalue weighted by Gasteiger charge is -2.19. The summed E-state index contributed by atoms with van der Waals surface area (Å²) in [5.74, 6) is 1.80. The van der Waals surface area contributed by atoms with Crippen molar-refractivity contribution in [3.63, 3.8) is 0 Å². The lowest BCUT2D eigenvalue weighted by Crippen LogP contribution is -2.23. The van der Waals surface area contributed by atoms with E-state index in [9.17, 15) is 0 Å². The Labute approximate surface area is 83.1 Å². The van der Waals surface area contributed by atoms with E-state index in [1.54, 1.807) is 0 Å². The van der Waals surface area contributed by atoms with Crippen molar-refractivity contribution in [3.8, 4) is 0 Å². The van der Waals surface area contributed by atoms with Gasteiger partial charge < -0.3 is 16.4 Å². The van der Waals surface area contributed by atoms with Crippen molar-refractivity contribution in [2.75, 3.05) is 23.4 Å². The Morgan fingerprint density at radius 1 is 1.29 bits per heavy atom. The van der Waals surface area contributed by atoms with E-state index in [4.69, 9.17) is 11.5 Å². The second-order valence-electron chi connectivity index (χ2n) is 3.74. The van der Waals surface area contributed by atoms with Crippen LogP contribution < -0.4 is 16.4 Å². The van der Waals surface area contributed by atoms with E-state index in [2.05, 4.69) is 14.9 Å². The van der Waals surface area contributed by atoms with Crippen molar-refractivity contribution in [1.29, 1.82) is 0 Å². The first-order valence-electron chi connectivity index (χ1n) is 4.72. The number of rotatable bonds is 2. The van der Waals surface area contributed by atoms with Crippen LogP contribution in [-0.2, 0) is 0 Å². The van der Waals surface area contributed by atoms with Crippen molar-refractivity contribution in [2.24, 2.45) is 0 Å². The third-order valence-electron chi connectivity index (χ3n) is 2.50. The minimum absolute atomic E-state index is 0.375. The van der Waals surface area contributed by atoms with Crippen molar-refractivity contribution in [2.45, 2.75) is 25.8 Å². The molecule has 0 unspecified atom stereocenters. The average molecular weight is 193 g/mol. The van der Waals surface area contributed by atoms with Crippen LogP contribution >= 0.6 is 0 Å². The summed E-state index contributed by atoms with van der Waals surface area (Å²) >= 11 is 0. The SMILES string of the molecule is Cc1nc(N)c(N)c(N(C)C2CC2)n1. The molecule has 0 amide bonds. The Kier molecular flexibility index (Phi) is 1.94. The van der Waals surface area contributed by atoms with E-state index < -0.39 is 0 Å². The van der Waals surface area contributed by atoms with Gasteiger partial charge >= 0.3 is 0 Å². The molecule has 1 aliphatic rings. The predicted molar refractivity (Wildman–Crippen MR) is 57.0 cm³/mol. The van der Waals surface area contributed by atoms with Gasteiger partial charge in [-0.3, -0.25) is 0 Å². The van der Waals surface area contributed by atoms with Gasteiger partial charge in [0.05, 0.1) is 0 Å². The third kappa shape index (κ3) is 1.45. The molecule has 14 heavy (non-hydrogen) atoms. The Bertz CT molecular complexity index is 358. The Morgan fingerprint density at radius 3 is 2.50 bits per heavy atom. The second-order valence-corrected chi connectivity index (χ2v) is 3.74. The van der Waals surface area contributed by atoms with Crippen LogP contribution in [0.5, 0.6) is 0 Å². The summed E-state index contributed by atoms with van der Waals surface area (Å²) in [5, 5.41) is 0. The van der Waals surface area contributed by atoms with Crippen LogP contribution in [0.1, 0.15) is 18.7 Å². The van der Waals surface area contributed by atoms with E-state index in [1.165, 1.54) is 12.8 Å². The van der Waals surface area contributed by atoms with Crippen LogP contribution in [0.25, 0.3) is 0 Å². The van der Waals surface area contributed by atoms with Crippen LogP contribution in [0, 0.1) is 6.92 Å². The zero-order chi connectivity index (χ0) is 10.3. The van der Waals surface area contributed by atoms with E-state index in [1.807, 2.05) is 14.0 Å². The number of nitrogen functional groups attached to an aromatic ring is 2. The van der Waals surface area contributed by atoms with Crippen molar-refractivity contribution in [1.82, 2.24) is 9.97 Å². The molecule has 76 valence electrons.